The van der Waals surface area contributed by atoms with Crippen LogP contribution in [0.1, 0.15) is 34.9 Å². The molecule has 130 valence electrons. The van der Waals surface area contributed by atoms with Gasteiger partial charge in [0.25, 0.3) is 5.91 Å². The van der Waals surface area contributed by atoms with Gasteiger partial charge in [-0.25, -0.2) is 9.07 Å². The van der Waals surface area contributed by atoms with E-state index in [1.165, 1.54) is 16.8 Å². The maximum absolute atomic E-state index is 13.9. The Balaban J connectivity index is 0.00000208. The largest absolute Gasteiger partial charge is 0.317 e. The predicted octanol–water partition coefficient (Wildman–Crippen LogP) is 2.86. The smallest absolute Gasteiger partial charge is 0.260 e. The first-order chi connectivity index (χ1) is 11.0. The number of nitrogens with zero attached hydrogens (tertiary/aromatic N) is 3. The number of halogens is 3. The molecule has 0 unspecified atom stereocenters. The van der Waals surface area contributed by atoms with Gasteiger partial charge >= 0.3 is 0 Å². The molecule has 3 rings (SSSR count). The highest BCUT2D eigenvalue weighted by Gasteiger charge is 2.22. The molecular weight excluding hydrogens is 401 g/mol. The maximum Gasteiger partial charge on any atom is 0.260 e. The molecule has 1 saturated heterocycles. The van der Waals surface area contributed by atoms with Crippen molar-refractivity contribution in [3.05, 3.63) is 39.9 Å². The fraction of sp³-hybridized carbons (Fsp3) is 0.400. The number of aromatic nitrogens is 3. The zero-order chi connectivity index (χ0) is 16.4. The zero-order valence-corrected chi connectivity index (χ0v) is 15.5. The van der Waals surface area contributed by atoms with E-state index in [0.717, 1.165) is 31.8 Å². The molecule has 9 heteroatoms. The van der Waals surface area contributed by atoms with E-state index in [9.17, 15) is 9.18 Å². The molecule has 0 aliphatic carbocycles. The molecule has 0 atom stereocenters. The van der Waals surface area contributed by atoms with Gasteiger partial charge < -0.3 is 5.32 Å². The lowest BCUT2D eigenvalue weighted by atomic mass is 9.98. The van der Waals surface area contributed by atoms with Crippen LogP contribution in [-0.2, 0) is 7.05 Å². The third kappa shape index (κ3) is 4.12. The molecule has 2 heterocycles. The fourth-order valence-electron chi connectivity index (χ4n) is 2.61. The second-order valence-electron chi connectivity index (χ2n) is 5.52. The first kappa shape index (κ1) is 18.8. The van der Waals surface area contributed by atoms with E-state index < -0.39 is 11.7 Å². The Morgan fingerprint density at radius 1 is 1.42 bits per heavy atom. The van der Waals surface area contributed by atoms with Crippen molar-refractivity contribution in [3.63, 3.8) is 0 Å². The highest BCUT2D eigenvalue weighted by Crippen LogP contribution is 2.23. The molecule has 1 aromatic heterocycles. The number of amides is 1. The third-order valence-electron chi connectivity index (χ3n) is 3.88. The van der Waals surface area contributed by atoms with E-state index in [2.05, 4.69) is 36.6 Å². The van der Waals surface area contributed by atoms with Gasteiger partial charge in [0.2, 0.25) is 5.95 Å². The summed E-state index contributed by atoms with van der Waals surface area (Å²) in [6.07, 6.45) is 1.94. The summed E-state index contributed by atoms with van der Waals surface area (Å²) in [5.41, 5.74) is -0.0281. The second-order valence-corrected chi connectivity index (χ2v) is 6.44. The Morgan fingerprint density at radius 3 is 2.79 bits per heavy atom. The molecule has 0 bridgehead atoms. The number of aryl methyl sites for hydroxylation is 1. The van der Waals surface area contributed by atoms with E-state index in [1.807, 2.05) is 0 Å². The Kier molecular flexibility index (Phi) is 6.31. The monoisotopic (exact) mass is 417 g/mol. The lowest BCUT2D eigenvalue weighted by molar-refractivity contribution is 0.102. The molecule has 0 radical (unpaired) electrons. The Hall–Kier alpha value is -1.51. The summed E-state index contributed by atoms with van der Waals surface area (Å²) in [4.78, 5) is 16.6. The number of rotatable bonds is 3. The van der Waals surface area contributed by atoms with Crippen molar-refractivity contribution >= 4 is 40.2 Å². The van der Waals surface area contributed by atoms with Crippen molar-refractivity contribution in [1.82, 2.24) is 20.1 Å². The molecule has 1 aliphatic heterocycles. The van der Waals surface area contributed by atoms with Gasteiger partial charge in [0, 0.05) is 17.4 Å². The summed E-state index contributed by atoms with van der Waals surface area (Å²) in [6.45, 7) is 1.88. The molecule has 24 heavy (non-hydrogen) atoms. The molecule has 6 nitrogen and oxygen atoms in total. The van der Waals surface area contributed by atoms with Gasteiger partial charge in [0.1, 0.15) is 5.82 Å². The van der Waals surface area contributed by atoms with Gasteiger partial charge in [-0.2, -0.15) is 10.1 Å². The van der Waals surface area contributed by atoms with Crippen LogP contribution in [0.3, 0.4) is 0 Å². The minimum absolute atomic E-state index is 0. The number of hydrogen-bond acceptors (Lipinski definition) is 4. The van der Waals surface area contributed by atoms with Crippen molar-refractivity contribution in [1.29, 1.82) is 0 Å². The molecule has 1 aromatic carbocycles. The fourth-order valence-corrected chi connectivity index (χ4v) is 2.94. The van der Waals surface area contributed by atoms with E-state index in [1.54, 1.807) is 13.1 Å². The summed E-state index contributed by atoms with van der Waals surface area (Å²) < 4.78 is 16.0. The van der Waals surface area contributed by atoms with Gasteiger partial charge in [0.05, 0.1) is 5.56 Å². The normalized spacial score (nSPS) is 15.0. The Bertz CT molecular complexity index is 733. The van der Waals surface area contributed by atoms with Gasteiger partial charge in [-0.3, -0.25) is 10.1 Å². The summed E-state index contributed by atoms with van der Waals surface area (Å²) in [5.74, 6) is 0.212. The van der Waals surface area contributed by atoms with Crippen molar-refractivity contribution in [2.24, 2.45) is 7.05 Å². The zero-order valence-electron chi connectivity index (χ0n) is 13.1. The maximum atomic E-state index is 13.9. The first-order valence-electron chi connectivity index (χ1n) is 7.42. The van der Waals surface area contributed by atoms with Crippen LogP contribution in [-0.4, -0.2) is 33.8 Å². The third-order valence-corrected chi connectivity index (χ3v) is 4.38. The van der Waals surface area contributed by atoms with Crippen LogP contribution < -0.4 is 10.6 Å². The van der Waals surface area contributed by atoms with E-state index in [0.29, 0.717) is 10.4 Å². The van der Waals surface area contributed by atoms with Crippen LogP contribution in [0.5, 0.6) is 0 Å². The predicted molar refractivity (Wildman–Crippen MR) is 95.1 cm³/mol. The molecule has 2 N–H and O–H groups in total. The first-order valence-corrected chi connectivity index (χ1v) is 8.22. The van der Waals surface area contributed by atoms with Crippen molar-refractivity contribution in [2.45, 2.75) is 18.8 Å². The Labute approximate surface area is 153 Å². The molecule has 0 saturated carbocycles. The highest BCUT2D eigenvalue weighted by atomic mass is 79.9. The Morgan fingerprint density at radius 2 is 2.12 bits per heavy atom. The quantitative estimate of drug-likeness (QED) is 0.804. The van der Waals surface area contributed by atoms with Crippen molar-refractivity contribution in [3.8, 4) is 0 Å². The van der Waals surface area contributed by atoms with Crippen LogP contribution >= 0.6 is 28.3 Å². The van der Waals surface area contributed by atoms with E-state index in [4.69, 9.17) is 0 Å². The number of carbonyl (C=O) groups is 1. The number of nitrogens with one attached hydrogen (secondary N) is 2. The number of hydrogen-bond donors (Lipinski definition) is 2. The summed E-state index contributed by atoms with van der Waals surface area (Å²) in [7, 11) is 1.71. The van der Waals surface area contributed by atoms with Crippen molar-refractivity contribution < 1.29 is 9.18 Å². The molecule has 0 spiro atoms. The van der Waals surface area contributed by atoms with E-state index in [-0.39, 0.29) is 23.9 Å². The van der Waals surface area contributed by atoms with Crippen molar-refractivity contribution in [2.75, 3.05) is 18.4 Å². The average molecular weight is 419 g/mol. The molecule has 2 aromatic rings. The second kappa shape index (κ2) is 8.04. The molecule has 1 aliphatic rings. The molecular formula is C15H18BrClFN5O. The highest BCUT2D eigenvalue weighted by molar-refractivity contribution is 9.10. The van der Waals surface area contributed by atoms with Gasteiger partial charge in [-0.1, -0.05) is 15.9 Å². The van der Waals surface area contributed by atoms with Gasteiger partial charge in [-0.15, -0.1) is 12.4 Å². The number of anilines is 1. The summed E-state index contributed by atoms with van der Waals surface area (Å²) in [5, 5.41) is 10.3. The van der Waals surface area contributed by atoms with Crippen LogP contribution in [0.4, 0.5) is 10.3 Å². The van der Waals surface area contributed by atoms with Gasteiger partial charge in [0.15, 0.2) is 5.82 Å². The number of piperidine rings is 1. The van der Waals surface area contributed by atoms with Crippen LogP contribution in [0, 0.1) is 5.82 Å². The summed E-state index contributed by atoms with van der Waals surface area (Å²) in [6, 6.07) is 4.31. The van der Waals surface area contributed by atoms with Crippen LogP contribution in [0.15, 0.2) is 22.7 Å². The SMILES string of the molecule is Cl.Cn1nc(C2CCNCC2)nc1NC(=O)c1ccc(Br)cc1F. The number of carbonyl (C=O) groups excluding carboxylic acids is 1. The minimum atomic E-state index is -0.586. The summed E-state index contributed by atoms with van der Waals surface area (Å²) >= 11 is 3.17. The number of benzene rings is 1. The standard InChI is InChI=1S/C15H17BrFN5O.ClH/c1-22-15(19-13(21-22)9-4-6-18-7-5-9)20-14(23)11-3-2-10(16)8-12(11)17;/h2-3,8-9,18H,4-7H2,1H3,(H,19,20,21,23);1H. The van der Waals surface area contributed by atoms with Gasteiger partial charge in [-0.05, 0) is 44.1 Å². The lowest BCUT2D eigenvalue weighted by Crippen LogP contribution is -2.27. The molecule has 1 amide bonds. The van der Waals surface area contributed by atoms with Crippen LogP contribution in [0.2, 0.25) is 0 Å². The lowest BCUT2D eigenvalue weighted by Gasteiger charge is -2.19. The van der Waals surface area contributed by atoms with E-state index >= 15 is 0 Å². The minimum Gasteiger partial charge on any atom is -0.317 e. The average Bonchev–Trinajstić information content (AvgIpc) is 2.89. The molecule has 1 fully saturated rings. The topological polar surface area (TPSA) is 71.8 Å². The van der Waals surface area contributed by atoms with Crippen LogP contribution in [0.25, 0.3) is 0 Å².